The van der Waals surface area contributed by atoms with E-state index in [0.717, 1.165) is 39.4 Å². The summed E-state index contributed by atoms with van der Waals surface area (Å²) in [5, 5.41) is 13.0. The van der Waals surface area contributed by atoms with Crippen LogP contribution in [0.1, 0.15) is 42.7 Å². The zero-order valence-electron chi connectivity index (χ0n) is 19.6. The molecule has 0 fully saturated rings. The molecule has 5 rings (SSSR count). The molecule has 0 saturated carbocycles. The maximum Gasteiger partial charge on any atom is 0.251 e. The summed E-state index contributed by atoms with van der Waals surface area (Å²) in [5.41, 5.74) is 5.92. The Labute approximate surface area is 197 Å². The van der Waals surface area contributed by atoms with Gasteiger partial charge in [0.25, 0.3) is 5.91 Å². The average molecular weight is 455 g/mol. The standard InChI is InChI=1S/C25H26N8O/c1-5-26-25(34)17-6-8-19(9-7-17)33-24-22(23(30-33)16(2)3)21(10-11-27-24)32-14-20(28-15-32)18-12-29-31(4)13-18/h6-16H,5H2,1-4H3,(H,26,34). The topological polar surface area (TPSA) is 95.5 Å². The van der Waals surface area contributed by atoms with E-state index >= 15 is 0 Å². The van der Waals surface area contributed by atoms with Gasteiger partial charge < -0.3 is 9.88 Å². The third kappa shape index (κ3) is 3.75. The van der Waals surface area contributed by atoms with Gasteiger partial charge in [0.05, 0.1) is 40.7 Å². The van der Waals surface area contributed by atoms with Crippen LogP contribution < -0.4 is 5.32 Å². The molecule has 172 valence electrons. The van der Waals surface area contributed by atoms with Crippen LogP contribution in [0.15, 0.2) is 61.4 Å². The van der Waals surface area contributed by atoms with Crippen LogP contribution in [0.25, 0.3) is 33.7 Å². The van der Waals surface area contributed by atoms with Crippen LogP contribution >= 0.6 is 0 Å². The normalized spacial score (nSPS) is 11.4. The number of carbonyl (C=O) groups excluding carboxylic acids is 1. The zero-order valence-corrected chi connectivity index (χ0v) is 19.6. The minimum absolute atomic E-state index is 0.0906. The summed E-state index contributed by atoms with van der Waals surface area (Å²) < 4.78 is 5.61. The quantitative estimate of drug-likeness (QED) is 0.420. The van der Waals surface area contributed by atoms with E-state index in [1.807, 2.05) is 65.9 Å². The second-order valence-corrected chi connectivity index (χ2v) is 8.46. The summed E-state index contributed by atoms with van der Waals surface area (Å²) in [7, 11) is 1.89. The molecule has 1 amide bonds. The summed E-state index contributed by atoms with van der Waals surface area (Å²) in [4.78, 5) is 21.4. The van der Waals surface area contributed by atoms with Crippen molar-refractivity contribution in [2.45, 2.75) is 26.7 Å². The van der Waals surface area contributed by atoms with Gasteiger partial charge in [-0.3, -0.25) is 9.48 Å². The fraction of sp³-hybridized carbons (Fsp3) is 0.240. The third-order valence-corrected chi connectivity index (χ3v) is 5.69. The summed E-state index contributed by atoms with van der Waals surface area (Å²) in [6.45, 7) is 6.73. The Morgan fingerprint density at radius 1 is 1.09 bits per heavy atom. The lowest BCUT2D eigenvalue weighted by Crippen LogP contribution is -2.22. The second-order valence-electron chi connectivity index (χ2n) is 8.46. The van der Waals surface area contributed by atoms with Crippen molar-refractivity contribution in [2.75, 3.05) is 6.54 Å². The number of imidazole rings is 1. The van der Waals surface area contributed by atoms with E-state index in [1.165, 1.54) is 0 Å². The first kappa shape index (κ1) is 21.6. The number of nitrogens with one attached hydrogen (secondary N) is 1. The van der Waals surface area contributed by atoms with E-state index in [-0.39, 0.29) is 11.8 Å². The molecule has 0 saturated heterocycles. The number of hydrogen-bond donors (Lipinski definition) is 1. The summed E-state index contributed by atoms with van der Waals surface area (Å²) in [6, 6.07) is 9.39. The number of amides is 1. The highest BCUT2D eigenvalue weighted by atomic mass is 16.1. The number of rotatable bonds is 6. The van der Waals surface area contributed by atoms with Gasteiger partial charge in [-0.1, -0.05) is 13.8 Å². The molecule has 5 aromatic rings. The molecule has 9 nitrogen and oxygen atoms in total. The molecule has 9 heteroatoms. The summed E-state index contributed by atoms with van der Waals surface area (Å²) >= 11 is 0. The Hall–Kier alpha value is -4.27. The van der Waals surface area contributed by atoms with Crippen molar-refractivity contribution in [2.24, 2.45) is 7.05 Å². The highest BCUT2D eigenvalue weighted by molar-refractivity contribution is 5.94. The van der Waals surface area contributed by atoms with Gasteiger partial charge in [-0.05, 0) is 43.2 Å². The van der Waals surface area contributed by atoms with E-state index in [9.17, 15) is 4.79 Å². The first-order valence-corrected chi connectivity index (χ1v) is 11.3. The van der Waals surface area contributed by atoms with Crippen molar-refractivity contribution in [3.63, 3.8) is 0 Å². The minimum atomic E-state index is -0.0906. The van der Waals surface area contributed by atoms with Gasteiger partial charge >= 0.3 is 0 Å². The van der Waals surface area contributed by atoms with Crippen molar-refractivity contribution in [1.82, 2.24) is 39.4 Å². The first-order chi connectivity index (χ1) is 16.5. The van der Waals surface area contributed by atoms with Gasteiger partial charge in [0, 0.05) is 43.3 Å². The fourth-order valence-electron chi connectivity index (χ4n) is 4.03. The molecule has 34 heavy (non-hydrogen) atoms. The number of benzene rings is 1. The number of hydrogen-bond acceptors (Lipinski definition) is 5. The van der Waals surface area contributed by atoms with Gasteiger partial charge in [-0.25, -0.2) is 14.6 Å². The Balaban J connectivity index is 1.61. The van der Waals surface area contributed by atoms with Crippen LogP contribution in [0, 0.1) is 0 Å². The van der Waals surface area contributed by atoms with Crippen molar-refractivity contribution in [3.8, 4) is 22.6 Å². The average Bonchev–Trinajstić information content (AvgIpc) is 3.57. The Bertz CT molecular complexity index is 1470. The van der Waals surface area contributed by atoms with Crippen molar-refractivity contribution in [3.05, 3.63) is 72.7 Å². The van der Waals surface area contributed by atoms with Gasteiger partial charge in [0.15, 0.2) is 5.65 Å². The molecule has 1 N–H and O–H groups in total. The number of aromatic nitrogens is 7. The Morgan fingerprint density at radius 3 is 2.56 bits per heavy atom. The second kappa shape index (κ2) is 8.58. The van der Waals surface area contributed by atoms with Crippen molar-refractivity contribution >= 4 is 16.9 Å². The molecule has 0 bridgehead atoms. The highest BCUT2D eigenvalue weighted by Gasteiger charge is 2.20. The molecule has 0 aliphatic carbocycles. The lowest BCUT2D eigenvalue weighted by atomic mass is 10.1. The maximum atomic E-state index is 12.1. The smallest absolute Gasteiger partial charge is 0.251 e. The van der Waals surface area contributed by atoms with Crippen LogP contribution in [-0.2, 0) is 7.05 Å². The van der Waals surface area contributed by atoms with Gasteiger partial charge in [-0.2, -0.15) is 10.2 Å². The summed E-state index contributed by atoms with van der Waals surface area (Å²) in [6.07, 6.45) is 9.33. The zero-order chi connectivity index (χ0) is 23.8. The van der Waals surface area contributed by atoms with Crippen LogP contribution in [0.5, 0.6) is 0 Å². The molecule has 4 aromatic heterocycles. The van der Waals surface area contributed by atoms with E-state index in [4.69, 9.17) is 5.10 Å². The van der Waals surface area contributed by atoms with E-state index in [0.29, 0.717) is 12.1 Å². The first-order valence-electron chi connectivity index (χ1n) is 11.3. The lowest BCUT2D eigenvalue weighted by molar-refractivity contribution is 0.0956. The highest BCUT2D eigenvalue weighted by Crippen LogP contribution is 2.31. The van der Waals surface area contributed by atoms with Crippen LogP contribution in [0.3, 0.4) is 0 Å². The number of aryl methyl sites for hydroxylation is 1. The van der Waals surface area contributed by atoms with Gasteiger partial charge in [0.1, 0.15) is 0 Å². The molecule has 0 aliphatic heterocycles. The molecule has 0 atom stereocenters. The van der Waals surface area contributed by atoms with Crippen molar-refractivity contribution < 1.29 is 4.79 Å². The Kier molecular flexibility index (Phi) is 5.45. The molecular weight excluding hydrogens is 428 g/mol. The molecular formula is C25H26N8O. The van der Waals surface area contributed by atoms with E-state index in [1.54, 1.807) is 23.4 Å². The molecule has 0 spiro atoms. The number of fused-ring (bicyclic) bond motifs is 1. The lowest BCUT2D eigenvalue weighted by Gasteiger charge is -2.07. The van der Waals surface area contributed by atoms with Crippen LogP contribution in [0.4, 0.5) is 0 Å². The number of nitrogens with zero attached hydrogens (tertiary/aromatic N) is 7. The predicted molar refractivity (Wildman–Crippen MR) is 130 cm³/mol. The Morgan fingerprint density at radius 2 is 1.88 bits per heavy atom. The number of carbonyl (C=O) groups is 1. The molecule has 1 aromatic carbocycles. The third-order valence-electron chi connectivity index (χ3n) is 5.69. The molecule has 4 heterocycles. The monoisotopic (exact) mass is 454 g/mol. The van der Waals surface area contributed by atoms with Crippen LogP contribution in [-0.4, -0.2) is 46.5 Å². The fourth-order valence-corrected chi connectivity index (χ4v) is 4.03. The van der Waals surface area contributed by atoms with Crippen molar-refractivity contribution in [1.29, 1.82) is 0 Å². The van der Waals surface area contributed by atoms with E-state index in [2.05, 4.69) is 34.2 Å². The maximum absolute atomic E-state index is 12.1. The summed E-state index contributed by atoms with van der Waals surface area (Å²) in [5.74, 6) is 0.0924. The SMILES string of the molecule is CCNC(=O)c1ccc(-n2nc(C(C)C)c3c(-n4cnc(-c5cnn(C)c5)c4)ccnc32)cc1. The molecule has 0 aliphatic rings. The molecule has 0 radical (unpaired) electrons. The molecule has 0 unspecified atom stereocenters. The number of pyridine rings is 1. The van der Waals surface area contributed by atoms with Gasteiger partial charge in [0.2, 0.25) is 0 Å². The largest absolute Gasteiger partial charge is 0.352 e. The predicted octanol–water partition coefficient (Wildman–Crippen LogP) is 3.88. The van der Waals surface area contributed by atoms with Crippen LogP contribution in [0.2, 0.25) is 0 Å². The van der Waals surface area contributed by atoms with Gasteiger partial charge in [-0.15, -0.1) is 0 Å². The van der Waals surface area contributed by atoms with E-state index < -0.39 is 0 Å². The minimum Gasteiger partial charge on any atom is -0.352 e.